The number of aliphatic hydroxyl groups is 1. The molecule has 0 aliphatic carbocycles. The number of sulfone groups is 1. The second kappa shape index (κ2) is 4.75. The Morgan fingerprint density at radius 2 is 1.85 bits per heavy atom. The summed E-state index contributed by atoms with van der Waals surface area (Å²) in [5.74, 6) is -5.59. The Hall–Kier alpha value is -1.59. The van der Waals surface area contributed by atoms with Gasteiger partial charge in [-0.05, 0) is 24.1 Å². The summed E-state index contributed by atoms with van der Waals surface area (Å²) in [6.07, 6.45) is -1.86. The predicted molar refractivity (Wildman–Crippen MR) is 62.6 cm³/mol. The maximum absolute atomic E-state index is 13.1. The largest absolute Gasteiger partial charge is 0.387 e. The highest BCUT2D eigenvalue weighted by molar-refractivity contribution is 7.91. The number of halogens is 3. The summed E-state index contributed by atoms with van der Waals surface area (Å²) < 4.78 is 62.1. The molecule has 1 aliphatic heterocycles. The van der Waals surface area contributed by atoms with Crippen LogP contribution < -0.4 is 0 Å². The summed E-state index contributed by atoms with van der Waals surface area (Å²) in [6.45, 7) is 0. The summed E-state index contributed by atoms with van der Waals surface area (Å²) >= 11 is 0. The van der Waals surface area contributed by atoms with Gasteiger partial charge in [-0.15, -0.1) is 0 Å². The first kappa shape index (κ1) is 14.8. The zero-order valence-corrected chi connectivity index (χ0v) is 10.9. The molecule has 1 aliphatic rings. The molecular formula is C12H10F3NO3S. The standard InChI is InChI=1S/C12H10F3NO3S/c13-8-3-7(4-9(14)10(8)15)11(17)12(5-16)1-2-20(18,19)6-12/h3-4,11,17H,1-2,6H2. The van der Waals surface area contributed by atoms with Gasteiger partial charge in [0.2, 0.25) is 0 Å². The van der Waals surface area contributed by atoms with Gasteiger partial charge in [-0.25, -0.2) is 21.6 Å². The van der Waals surface area contributed by atoms with Crippen molar-refractivity contribution in [3.8, 4) is 6.07 Å². The first-order valence-corrected chi connectivity index (χ1v) is 7.47. The Bertz CT molecular complexity index is 675. The van der Waals surface area contributed by atoms with E-state index < -0.39 is 44.6 Å². The quantitative estimate of drug-likeness (QED) is 0.839. The van der Waals surface area contributed by atoms with Crippen LogP contribution in [0.2, 0.25) is 0 Å². The van der Waals surface area contributed by atoms with E-state index in [0.717, 1.165) is 0 Å². The lowest BCUT2D eigenvalue weighted by Gasteiger charge is -2.26. The van der Waals surface area contributed by atoms with Gasteiger partial charge in [0.15, 0.2) is 27.3 Å². The topological polar surface area (TPSA) is 78.2 Å². The molecule has 1 aromatic rings. The van der Waals surface area contributed by atoms with Gasteiger partial charge in [0.1, 0.15) is 5.41 Å². The van der Waals surface area contributed by atoms with E-state index in [9.17, 15) is 26.7 Å². The second-order valence-corrected chi connectivity index (χ2v) is 7.00. The molecule has 4 nitrogen and oxygen atoms in total. The summed E-state index contributed by atoms with van der Waals surface area (Å²) in [5, 5.41) is 19.2. The van der Waals surface area contributed by atoms with E-state index in [2.05, 4.69) is 0 Å². The van der Waals surface area contributed by atoms with Crippen LogP contribution in [0.5, 0.6) is 0 Å². The zero-order chi connectivity index (χ0) is 15.1. The van der Waals surface area contributed by atoms with Crippen molar-refractivity contribution in [3.63, 3.8) is 0 Å². The fraction of sp³-hybridized carbons (Fsp3) is 0.417. The number of aliphatic hydroxyl groups excluding tert-OH is 1. The van der Waals surface area contributed by atoms with Crippen LogP contribution in [0, 0.1) is 34.2 Å². The fourth-order valence-electron chi connectivity index (χ4n) is 2.29. The lowest BCUT2D eigenvalue weighted by molar-refractivity contribution is 0.0785. The Morgan fingerprint density at radius 3 is 2.25 bits per heavy atom. The minimum absolute atomic E-state index is 0.145. The van der Waals surface area contributed by atoms with Crippen molar-refractivity contribution >= 4 is 9.84 Å². The fourth-order valence-corrected chi connectivity index (χ4v) is 4.26. The van der Waals surface area contributed by atoms with Gasteiger partial charge in [-0.3, -0.25) is 0 Å². The third kappa shape index (κ3) is 2.39. The molecule has 0 saturated carbocycles. The molecule has 20 heavy (non-hydrogen) atoms. The summed E-state index contributed by atoms with van der Waals surface area (Å²) in [4.78, 5) is 0. The van der Waals surface area contributed by atoms with Gasteiger partial charge in [0, 0.05) is 0 Å². The minimum atomic E-state index is -3.49. The third-order valence-electron chi connectivity index (χ3n) is 3.40. The maximum Gasteiger partial charge on any atom is 0.194 e. The first-order valence-electron chi connectivity index (χ1n) is 5.65. The Balaban J connectivity index is 2.46. The molecular weight excluding hydrogens is 295 g/mol. The highest BCUT2D eigenvalue weighted by atomic mass is 32.2. The van der Waals surface area contributed by atoms with Crippen LogP contribution in [0.25, 0.3) is 0 Å². The molecule has 2 rings (SSSR count). The van der Waals surface area contributed by atoms with Crippen molar-refractivity contribution in [1.82, 2.24) is 0 Å². The number of nitrogens with zero attached hydrogens (tertiary/aromatic N) is 1. The molecule has 2 atom stereocenters. The van der Waals surface area contributed by atoms with Crippen molar-refractivity contribution in [2.24, 2.45) is 5.41 Å². The van der Waals surface area contributed by atoms with Gasteiger partial charge in [0.25, 0.3) is 0 Å². The number of hydrogen-bond donors (Lipinski definition) is 1. The van der Waals surface area contributed by atoms with Crippen LogP contribution >= 0.6 is 0 Å². The molecule has 1 heterocycles. The van der Waals surface area contributed by atoms with E-state index in [-0.39, 0.29) is 17.7 Å². The van der Waals surface area contributed by atoms with Gasteiger partial charge in [-0.1, -0.05) is 0 Å². The summed E-state index contributed by atoms with van der Waals surface area (Å²) in [5.41, 5.74) is -2.03. The zero-order valence-electron chi connectivity index (χ0n) is 10.1. The number of nitriles is 1. The van der Waals surface area contributed by atoms with Gasteiger partial charge in [-0.2, -0.15) is 5.26 Å². The smallest absolute Gasteiger partial charge is 0.194 e. The van der Waals surface area contributed by atoms with Crippen LogP contribution in [0.3, 0.4) is 0 Å². The first-order chi connectivity index (χ1) is 9.21. The maximum atomic E-state index is 13.1. The van der Waals surface area contributed by atoms with E-state index in [4.69, 9.17) is 5.26 Å². The Morgan fingerprint density at radius 1 is 1.30 bits per heavy atom. The van der Waals surface area contributed by atoms with E-state index in [0.29, 0.717) is 12.1 Å². The van der Waals surface area contributed by atoms with Crippen LogP contribution in [-0.4, -0.2) is 25.0 Å². The number of benzene rings is 1. The predicted octanol–water partition coefficient (Wildman–Crippen LogP) is 1.47. The van der Waals surface area contributed by atoms with Crippen molar-refractivity contribution in [1.29, 1.82) is 5.26 Å². The second-order valence-electron chi connectivity index (χ2n) is 4.81. The molecule has 0 amide bonds. The van der Waals surface area contributed by atoms with Crippen molar-refractivity contribution < 1.29 is 26.7 Å². The number of rotatable bonds is 2. The number of hydrogen-bond acceptors (Lipinski definition) is 4. The average molecular weight is 305 g/mol. The van der Waals surface area contributed by atoms with Crippen LogP contribution in [-0.2, 0) is 9.84 Å². The summed E-state index contributed by atoms with van der Waals surface area (Å²) in [7, 11) is -3.49. The Labute approximate surface area is 113 Å². The third-order valence-corrected chi connectivity index (χ3v) is 5.19. The molecule has 0 radical (unpaired) electrons. The molecule has 0 bridgehead atoms. The lowest BCUT2D eigenvalue weighted by Crippen LogP contribution is -2.29. The van der Waals surface area contributed by atoms with Crippen LogP contribution in [0.15, 0.2) is 12.1 Å². The van der Waals surface area contributed by atoms with E-state index in [1.54, 1.807) is 6.07 Å². The monoisotopic (exact) mass is 305 g/mol. The van der Waals surface area contributed by atoms with Crippen molar-refractivity contribution in [2.45, 2.75) is 12.5 Å². The van der Waals surface area contributed by atoms with Crippen molar-refractivity contribution in [3.05, 3.63) is 35.1 Å². The average Bonchev–Trinajstić information content (AvgIpc) is 2.71. The molecule has 8 heteroatoms. The highest BCUT2D eigenvalue weighted by Crippen LogP contribution is 2.43. The molecule has 0 spiro atoms. The highest BCUT2D eigenvalue weighted by Gasteiger charge is 2.48. The van der Waals surface area contributed by atoms with Crippen LogP contribution in [0.1, 0.15) is 18.1 Å². The van der Waals surface area contributed by atoms with E-state index in [1.807, 2.05) is 0 Å². The molecule has 1 N–H and O–H groups in total. The lowest BCUT2D eigenvalue weighted by atomic mass is 9.80. The van der Waals surface area contributed by atoms with Gasteiger partial charge < -0.3 is 5.11 Å². The molecule has 1 fully saturated rings. The molecule has 1 saturated heterocycles. The van der Waals surface area contributed by atoms with Gasteiger partial charge in [0.05, 0.1) is 23.7 Å². The molecule has 1 aromatic carbocycles. The normalized spacial score (nSPS) is 26.1. The van der Waals surface area contributed by atoms with E-state index in [1.165, 1.54) is 0 Å². The van der Waals surface area contributed by atoms with Crippen molar-refractivity contribution in [2.75, 3.05) is 11.5 Å². The molecule has 0 aromatic heterocycles. The minimum Gasteiger partial charge on any atom is -0.387 e. The molecule has 108 valence electrons. The molecule has 2 unspecified atom stereocenters. The summed E-state index contributed by atoms with van der Waals surface area (Å²) in [6, 6.07) is 2.84. The van der Waals surface area contributed by atoms with Gasteiger partial charge >= 0.3 is 0 Å². The SMILES string of the molecule is N#CC1(C(O)c2cc(F)c(F)c(F)c2)CCS(=O)(=O)C1. The van der Waals surface area contributed by atoms with Crippen LogP contribution in [0.4, 0.5) is 13.2 Å². The van der Waals surface area contributed by atoms with E-state index >= 15 is 0 Å². The Kier molecular flexibility index (Phi) is 3.52.